The van der Waals surface area contributed by atoms with E-state index in [0.717, 1.165) is 17.5 Å². The van der Waals surface area contributed by atoms with Gasteiger partial charge in [-0.15, -0.1) is 0 Å². The van der Waals surface area contributed by atoms with Crippen LogP contribution >= 0.6 is 0 Å². The molecule has 2 aliphatic heterocycles. The van der Waals surface area contributed by atoms with Gasteiger partial charge in [0.25, 0.3) is 11.5 Å². The fourth-order valence-electron chi connectivity index (χ4n) is 6.12. The van der Waals surface area contributed by atoms with Crippen LogP contribution in [0.2, 0.25) is 0 Å². The number of nitrogens with one attached hydrogen (secondary N) is 1. The molecule has 0 unspecified atom stereocenters. The number of morpholine rings is 1. The summed E-state index contributed by atoms with van der Waals surface area (Å²) in [6, 6.07) is 12.4. The Kier molecular flexibility index (Phi) is 8.37. The second kappa shape index (κ2) is 12.3. The Bertz CT molecular complexity index is 1940. The zero-order valence-electron chi connectivity index (χ0n) is 27.4. The van der Waals surface area contributed by atoms with Gasteiger partial charge in [0.15, 0.2) is 6.29 Å². The van der Waals surface area contributed by atoms with Crippen LogP contribution in [0, 0.1) is 0 Å². The number of aryl methyl sites for hydroxylation is 1. The lowest BCUT2D eigenvalue weighted by molar-refractivity contribution is -0.837. The zero-order chi connectivity index (χ0) is 33.5. The summed E-state index contributed by atoms with van der Waals surface area (Å²) in [5.41, 5.74) is 4.72. The highest BCUT2D eigenvalue weighted by atomic mass is 16.5. The predicted octanol–water partition coefficient (Wildman–Crippen LogP) is 4.52. The summed E-state index contributed by atoms with van der Waals surface area (Å²) in [6.45, 7) is 8.93. The monoisotopic (exact) mass is 635 g/mol. The molecule has 2 aliphatic rings. The number of fused-ring (bicyclic) bond motifs is 1. The van der Waals surface area contributed by atoms with E-state index >= 15 is 0 Å². The van der Waals surface area contributed by atoms with Crippen LogP contribution in [-0.2, 0) is 23.6 Å². The summed E-state index contributed by atoms with van der Waals surface area (Å²) in [6.07, 6.45) is 6.20. The number of likely N-dealkylation sites (N-methyl/N-ethyl adjacent to an activating group) is 1. The first-order valence-corrected chi connectivity index (χ1v) is 15.7. The quantitative estimate of drug-likeness (QED) is 0.243. The molecule has 0 radical (unpaired) electrons. The van der Waals surface area contributed by atoms with Gasteiger partial charge in [0.1, 0.15) is 24.6 Å². The topological polar surface area (TPSA) is 123 Å². The van der Waals surface area contributed by atoms with Crippen molar-refractivity contribution in [1.82, 2.24) is 14.5 Å². The molecule has 0 atom stereocenters. The SMILES string of the molecule is Cn1cc(-c2cccc(N3CCc4cc(C(C)(C)C)ncc4C3=O)c2C=O)cc(Nc2ccc(C(=O)[N+]3(C)CCOCC3)cn2)c1=O. The van der Waals surface area contributed by atoms with E-state index in [0.29, 0.717) is 78.6 Å². The molecule has 4 aromatic rings. The fraction of sp³-hybridized carbons (Fsp3) is 0.333. The van der Waals surface area contributed by atoms with Crippen LogP contribution in [0.1, 0.15) is 63.1 Å². The minimum absolute atomic E-state index is 0.0341. The minimum atomic E-state index is -0.296. The van der Waals surface area contributed by atoms with Crippen molar-refractivity contribution in [2.45, 2.75) is 32.6 Å². The molecule has 242 valence electrons. The lowest BCUT2D eigenvalue weighted by Crippen LogP contribution is -2.55. The van der Waals surface area contributed by atoms with Crippen molar-refractivity contribution in [2.24, 2.45) is 7.05 Å². The molecule has 0 spiro atoms. The lowest BCUT2D eigenvalue weighted by atomic mass is 9.88. The average molecular weight is 636 g/mol. The van der Waals surface area contributed by atoms with Crippen molar-refractivity contribution in [3.8, 4) is 11.1 Å². The Labute approximate surface area is 273 Å². The summed E-state index contributed by atoms with van der Waals surface area (Å²) in [7, 11) is 3.53. The van der Waals surface area contributed by atoms with Crippen molar-refractivity contribution < 1.29 is 23.6 Å². The van der Waals surface area contributed by atoms with E-state index in [4.69, 9.17) is 4.74 Å². The maximum atomic E-state index is 13.7. The normalized spacial score (nSPS) is 16.0. The molecule has 1 saturated heterocycles. The number of hydrogen-bond acceptors (Lipinski definition) is 8. The fourth-order valence-corrected chi connectivity index (χ4v) is 6.12. The van der Waals surface area contributed by atoms with Gasteiger partial charge in [0, 0.05) is 54.4 Å². The smallest absolute Gasteiger partial charge is 0.347 e. The van der Waals surface area contributed by atoms with Crippen molar-refractivity contribution in [2.75, 3.05) is 50.1 Å². The van der Waals surface area contributed by atoms with Gasteiger partial charge in [-0.2, -0.15) is 0 Å². The van der Waals surface area contributed by atoms with E-state index in [1.807, 2.05) is 13.1 Å². The van der Waals surface area contributed by atoms with Crippen LogP contribution in [-0.4, -0.2) is 77.0 Å². The van der Waals surface area contributed by atoms with Gasteiger partial charge in [-0.25, -0.2) is 9.78 Å². The molecule has 0 aliphatic carbocycles. The Hall–Kier alpha value is -5.00. The lowest BCUT2D eigenvalue weighted by Gasteiger charge is -2.34. The van der Waals surface area contributed by atoms with Gasteiger partial charge in [-0.1, -0.05) is 32.9 Å². The number of ether oxygens (including phenoxy) is 1. The molecule has 6 rings (SSSR count). The average Bonchev–Trinajstić information content (AvgIpc) is 3.06. The molecule has 47 heavy (non-hydrogen) atoms. The molecular formula is C36H39N6O5+. The predicted molar refractivity (Wildman–Crippen MR) is 179 cm³/mol. The standard InChI is InChI=1S/C36H38N6O5/c1-36(2,3)31-18-23-11-12-41(33(44)27(23)20-37-31)30-8-6-7-26(28(30)22-43)25-17-29(34(45)40(4)21-25)39-32-10-9-24(19-38-32)35(46)42(5)13-15-47-16-14-42/h6-10,17-22H,11-16H2,1-5H3/p+1. The summed E-state index contributed by atoms with van der Waals surface area (Å²) in [5, 5.41) is 3.09. The van der Waals surface area contributed by atoms with Crippen molar-refractivity contribution in [3.63, 3.8) is 0 Å². The molecule has 3 aromatic heterocycles. The zero-order valence-corrected chi connectivity index (χ0v) is 27.4. The van der Waals surface area contributed by atoms with Gasteiger partial charge in [0.2, 0.25) is 0 Å². The Morgan fingerprint density at radius 3 is 2.47 bits per heavy atom. The number of nitrogens with zero attached hydrogens (tertiary/aromatic N) is 5. The number of aldehydes is 1. The largest absolute Gasteiger partial charge is 0.370 e. The second-order valence-electron chi connectivity index (χ2n) is 13.4. The minimum Gasteiger partial charge on any atom is -0.370 e. The third kappa shape index (κ3) is 6.11. The molecular weight excluding hydrogens is 596 g/mol. The van der Waals surface area contributed by atoms with Crippen molar-refractivity contribution >= 4 is 35.3 Å². The number of quaternary nitrogens is 1. The van der Waals surface area contributed by atoms with Crippen molar-refractivity contribution in [3.05, 3.63) is 99.4 Å². The van der Waals surface area contributed by atoms with Crippen LogP contribution in [0.5, 0.6) is 0 Å². The number of hydrogen-bond donors (Lipinski definition) is 1. The summed E-state index contributed by atoms with van der Waals surface area (Å²) >= 11 is 0. The van der Waals surface area contributed by atoms with Gasteiger partial charge < -0.3 is 19.5 Å². The Balaban J connectivity index is 1.29. The van der Waals surface area contributed by atoms with Crippen LogP contribution in [0.15, 0.2) is 65.8 Å². The Morgan fingerprint density at radius 2 is 1.79 bits per heavy atom. The number of rotatable bonds is 6. The molecule has 2 amide bonds. The van der Waals surface area contributed by atoms with E-state index in [1.165, 1.54) is 10.8 Å². The first kappa shape index (κ1) is 32.0. The van der Waals surface area contributed by atoms with Gasteiger partial charge in [-0.3, -0.25) is 23.9 Å². The number of carbonyl (C=O) groups excluding carboxylic acids is 3. The summed E-state index contributed by atoms with van der Waals surface area (Å²) in [5.74, 6) is 0.152. The number of pyridine rings is 3. The summed E-state index contributed by atoms with van der Waals surface area (Å²) < 4.78 is 7.10. The van der Waals surface area contributed by atoms with E-state index in [9.17, 15) is 19.2 Å². The van der Waals surface area contributed by atoms with Crippen LogP contribution in [0.3, 0.4) is 0 Å². The van der Waals surface area contributed by atoms with Crippen LogP contribution < -0.4 is 15.8 Å². The number of benzene rings is 1. The molecule has 11 nitrogen and oxygen atoms in total. The molecule has 1 N–H and O–H groups in total. The van der Waals surface area contributed by atoms with E-state index in [2.05, 4.69) is 36.1 Å². The molecule has 0 saturated carbocycles. The molecule has 1 fully saturated rings. The summed E-state index contributed by atoms with van der Waals surface area (Å²) in [4.78, 5) is 63.3. The first-order chi connectivity index (χ1) is 22.4. The number of anilines is 3. The second-order valence-corrected chi connectivity index (χ2v) is 13.4. The van der Waals surface area contributed by atoms with Gasteiger partial charge in [-0.05, 0) is 47.9 Å². The third-order valence-corrected chi connectivity index (χ3v) is 9.05. The number of amides is 2. The van der Waals surface area contributed by atoms with Crippen LogP contribution in [0.25, 0.3) is 11.1 Å². The maximum absolute atomic E-state index is 13.7. The first-order valence-electron chi connectivity index (χ1n) is 15.7. The molecule has 11 heteroatoms. The highest BCUT2D eigenvalue weighted by molar-refractivity contribution is 6.11. The highest BCUT2D eigenvalue weighted by Crippen LogP contribution is 2.34. The van der Waals surface area contributed by atoms with Gasteiger partial charge in [0.05, 0.1) is 37.1 Å². The third-order valence-electron chi connectivity index (χ3n) is 9.05. The molecule has 5 heterocycles. The van der Waals surface area contributed by atoms with Crippen molar-refractivity contribution in [1.29, 1.82) is 0 Å². The van der Waals surface area contributed by atoms with E-state index in [-0.39, 0.29) is 33.0 Å². The van der Waals surface area contributed by atoms with E-state index < -0.39 is 0 Å². The maximum Gasteiger partial charge on any atom is 0.347 e. The van der Waals surface area contributed by atoms with Gasteiger partial charge >= 0.3 is 5.91 Å². The molecule has 1 aromatic carbocycles. The number of carbonyl (C=O) groups is 3. The van der Waals surface area contributed by atoms with E-state index in [1.54, 1.807) is 60.7 Å². The highest BCUT2D eigenvalue weighted by Gasteiger charge is 2.35. The molecule has 0 bridgehead atoms. The Morgan fingerprint density at radius 1 is 1.02 bits per heavy atom. The number of aromatic nitrogens is 3. The van der Waals surface area contributed by atoms with Crippen LogP contribution in [0.4, 0.5) is 17.2 Å².